The molecule has 2 aliphatic rings. The lowest BCUT2D eigenvalue weighted by molar-refractivity contribution is -1.13. The SMILES string of the molecule is CO[N+]1(C)C(C)CCC2CCCCC21. The highest BCUT2D eigenvalue weighted by molar-refractivity contribution is 4.80. The Morgan fingerprint density at radius 2 is 1.79 bits per heavy atom. The summed E-state index contributed by atoms with van der Waals surface area (Å²) in [4.78, 5) is 5.80. The van der Waals surface area contributed by atoms with Gasteiger partial charge < -0.3 is 0 Å². The highest BCUT2D eigenvalue weighted by atomic mass is 16.7. The fourth-order valence-electron chi connectivity index (χ4n) is 3.55. The summed E-state index contributed by atoms with van der Waals surface area (Å²) in [5.41, 5.74) is 0. The molecule has 0 radical (unpaired) electrons. The quantitative estimate of drug-likeness (QED) is 0.589. The molecule has 0 spiro atoms. The van der Waals surface area contributed by atoms with Crippen LogP contribution in [0.15, 0.2) is 0 Å². The third kappa shape index (κ3) is 1.49. The minimum absolute atomic E-state index is 0.680. The number of rotatable bonds is 1. The zero-order valence-electron chi connectivity index (χ0n) is 9.83. The molecule has 2 rings (SSSR count). The molecule has 2 heteroatoms. The zero-order valence-corrected chi connectivity index (χ0v) is 9.83. The van der Waals surface area contributed by atoms with Crippen LogP contribution in [0.5, 0.6) is 0 Å². The van der Waals surface area contributed by atoms with Crippen molar-refractivity contribution in [2.24, 2.45) is 5.92 Å². The summed E-state index contributed by atoms with van der Waals surface area (Å²) in [6, 6.07) is 1.46. The number of hydroxylamine groups is 3. The van der Waals surface area contributed by atoms with E-state index in [1.54, 1.807) is 0 Å². The summed E-state index contributed by atoms with van der Waals surface area (Å²) in [5, 5.41) is 0. The molecule has 1 aliphatic heterocycles. The molecule has 0 bridgehead atoms. The Labute approximate surface area is 87.8 Å². The number of piperidine rings is 1. The van der Waals surface area contributed by atoms with E-state index in [1.165, 1.54) is 38.5 Å². The first-order valence-electron chi connectivity index (χ1n) is 6.10. The van der Waals surface area contributed by atoms with Crippen LogP contribution in [0, 0.1) is 5.92 Å². The summed E-state index contributed by atoms with van der Waals surface area (Å²) in [5.74, 6) is 0.935. The van der Waals surface area contributed by atoms with Crippen LogP contribution in [-0.2, 0) is 4.84 Å². The molecule has 1 saturated carbocycles. The van der Waals surface area contributed by atoms with Gasteiger partial charge in [0.2, 0.25) is 0 Å². The molecule has 0 aromatic heterocycles. The van der Waals surface area contributed by atoms with E-state index in [-0.39, 0.29) is 0 Å². The van der Waals surface area contributed by atoms with Crippen LogP contribution in [0.1, 0.15) is 45.4 Å². The van der Waals surface area contributed by atoms with Crippen molar-refractivity contribution in [3.05, 3.63) is 0 Å². The Kier molecular flexibility index (Phi) is 2.85. The van der Waals surface area contributed by atoms with Gasteiger partial charge in [-0.1, -0.05) is 6.42 Å². The predicted octanol–water partition coefficient (Wildman–Crippen LogP) is 2.74. The largest absolute Gasteiger partial charge is 0.206 e. The molecular weight excluding hydrogens is 174 g/mol. The van der Waals surface area contributed by atoms with Crippen LogP contribution >= 0.6 is 0 Å². The molecule has 0 aromatic carbocycles. The van der Waals surface area contributed by atoms with Gasteiger partial charge in [0.25, 0.3) is 0 Å². The summed E-state index contributed by atoms with van der Waals surface area (Å²) >= 11 is 0. The van der Waals surface area contributed by atoms with E-state index in [0.717, 1.165) is 16.6 Å². The lowest BCUT2D eigenvalue weighted by Crippen LogP contribution is -2.62. The van der Waals surface area contributed by atoms with Crippen LogP contribution < -0.4 is 0 Å². The van der Waals surface area contributed by atoms with E-state index in [0.29, 0.717) is 6.04 Å². The third-order valence-electron chi connectivity index (χ3n) is 4.75. The third-order valence-corrected chi connectivity index (χ3v) is 4.75. The van der Waals surface area contributed by atoms with E-state index in [9.17, 15) is 0 Å². The number of fused-ring (bicyclic) bond motifs is 1. The van der Waals surface area contributed by atoms with Crippen molar-refractivity contribution in [2.75, 3.05) is 14.2 Å². The van der Waals surface area contributed by atoms with Gasteiger partial charge in [-0.25, -0.2) is 4.84 Å². The second-order valence-corrected chi connectivity index (χ2v) is 5.28. The van der Waals surface area contributed by atoms with Gasteiger partial charge in [-0.2, -0.15) is 4.65 Å². The maximum atomic E-state index is 5.80. The van der Waals surface area contributed by atoms with E-state index in [2.05, 4.69) is 14.0 Å². The first-order chi connectivity index (χ1) is 6.68. The molecule has 0 aromatic rings. The average molecular weight is 198 g/mol. The van der Waals surface area contributed by atoms with E-state index in [1.807, 2.05) is 7.11 Å². The molecule has 2 fully saturated rings. The highest BCUT2D eigenvalue weighted by Gasteiger charge is 2.48. The maximum absolute atomic E-state index is 5.80. The number of quaternary nitrogens is 1. The van der Waals surface area contributed by atoms with Crippen molar-refractivity contribution < 1.29 is 9.48 Å². The predicted molar refractivity (Wildman–Crippen MR) is 57.6 cm³/mol. The van der Waals surface area contributed by atoms with E-state index >= 15 is 0 Å². The van der Waals surface area contributed by atoms with Gasteiger partial charge in [0.05, 0.1) is 14.2 Å². The van der Waals surface area contributed by atoms with Crippen molar-refractivity contribution in [3.8, 4) is 0 Å². The normalized spacial score (nSPS) is 48.6. The van der Waals surface area contributed by atoms with Gasteiger partial charge in [0.1, 0.15) is 12.1 Å². The summed E-state index contributed by atoms with van der Waals surface area (Å²) in [7, 11) is 4.17. The van der Waals surface area contributed by atoms with Gasteiger partial charge in [0, 0.05) is 18.8 Å². The van der Waals surface area contributed by atoms with Crippen molar-refractivity contribution in [1.29, 1.82) is 0 Å². The Morgan fingerprint density at radius 3 is 2.50 bits per heavy atom. The molecule has 1 heterocycles. The molecule has 4 atom stereocenters. The van der Waals surface area contributed by atoms with Crippen LogP contribution in [0.2, 0.25) is 0 Å². The first kappa shape index (κ1) is 10.4. The molecule has 0 N–H and O–H groups in total. The molecule has 2 nitrogen and oxygen atoms in total. The van der Waals surface area contributed by atoms with Crippen LogP contribution in [-0.4, -0.2) is 30.9 Å². The Morgan fingerprint density at radius 1 is 1.07 bits per heavy atom. The fourth-order valence-corrected chi connectivity index (χ4v) is 3.55. The summed E-state index contributed by atoms with van der Waals surface area (Å²) < 4.78 is 0.866. The van der Waals surface area contributed by atoms with Gasteiger partial charge in [-0.05, 0) is 26.2 Å². The molecule has 1 aliphatic carbocycles. The minimum Gasteiger partial charge on any atom is -0.206 e. The van der Waals surface area contributed by atoms with Crippen molar-refractivity contribution >= 4 is 0 Å². The summed E-state index contributed by atoms with van der Waals surface area (Å²) in [6.07, 6.45) is 8.44. The number of nitrogens with zero attached hydrogens (tertiary/aromatic N) is 1. The second kappa shape index (κ2) is 3.82. The van der Waals surface area contributed by atoms with Crippen molar-refractivity contribution in [1.82, 2.24) is 0 Å². The van der Waals surface area contributed by atoms with Gasteiger partial charge >= 0.3 is 0 Å². The molecular formula is C12H24NO+. The van der Waals surface area contributed by atoms with Crippen molar-refractivity contribution in [2.45, 2.75) is 57.5 Å². The zero-order chi connectivity index (χ0) is 10.2. The molecule has 14 heavy (non-hydrogen) atoms. The fraction of sp³-hybridized carbons (Fsp3) is 1.00. The van der Waals surface area contributed by atoms with E-state index in [4.69, 9.17) is 4.84 Å². The lowest BCUT2D eigenvalue weighted by atomic mass is 9.76. The lowest BCUT2D eigenvalue weighted by Gasteiger charge is -2.50. The standard InChI is InChI=1S/C12H24NO/c1-10-8-9-11-6-4-5-7-12(11)13(10,2)14-3/h10-12H,4-9H2,1-3H3/q+1. The topological polar surface area (TPSA) is 9.23 Å². The monoisotopic (exact) mass is 198 g/mol. The Balaban J connectivity index is 2.17. The highest BCUT2D eigenvalue weighted by Crippen LogP contribution is 2.41. The van der Waals surface area contributed by atoms with Gasteiger partial charge in [-0.15, -0.1) is 0 Å². The number of hydrogen-bond donors (Lipinski definition) is 0. The maximum Gasteiger partial charge on any atom is 0.122 e. The minimum atomic E-state index is 0.680. The molecule has 1 saturated heterocycles. The molecule has 82 valence electrons. The number of hydrogen-bond acceptors (Lipinski definition) is 1. The second-order valence-electron chi connectivity index (χ2n) is 5.28. The molecule has 0 amide bonds. The van der Waals surface area contributed by atoms with Crippen LogP contribution in [0.25, 0.3) is 0 Å². The first-order valence-corrected chi connectivity index (χ1v) is 6.10. The van der Waals surface area contributed by atoms with Crippen molar-refractivity contribution in [3.63, 3.8) is 0 Å². The van der Waals surface area contributed by atoms with Crippen LogP contribution in [0.4, 0.5) is 0 Å². The number of likely N-dealkylation sites (tertiary alicyclic amines) is 1. The smallest absolute Gasteiger partial charge is 0.122 e. The van der Waals surface area contributed by atoms with Crippen LogP contribution in [0.3, 0.4) is 0 Å². The van der Waals surface area contributed by atoms with Gasteiger partial charge in [-0.3, -0.25) is 0 Å². The molecule has 4 unspecified atom stereocenters. The Hall–Kier alpha value is -0.0800. The Bertz CT molecular complexity index is 206. The summed E-state index contributed by atoms with van der Waals surface area (Å²) in [6.45, 7) is 2.34. The van der Waals surface area contributed by atoms with E-state index < -0.39 is 0 Å². The average Bonchev–Trinajstić information content (AvgIpc) is 2.24. The van der Waals surface area contributed by atoms with Gasteiger partial charge in [0.15, 0.2) is 0 Å².